The lowest BCUT2D eigenvalue weighted by molar-refractivity contribution is 0.277. The number of imidazole rings is 1. The van der Waals surface area contributed by atoms with E-state index in [2.05, 4.69) is 35.9 Å². The van der Waals surface area contributed by atoms with Gasteiger partial charge in [0.15, 0.2) is 0 Å². The number of rotatable bonds is 2. The van der Waals surface area contributed by atoms with Gasteiger partial charge in [-0.2, -0.15) is 0 Å². The SMILES string of the molecule is Cc1ccc(-c2nc(CO)c[nH]2)c(C)c1. The Hall–Kier alpha value is -1.61. The normalized spacial score (nSPS) is 10.6. The van der Waals surface area contributed by atoms with Crippen LogP contribution in [0.5, 0.6) is 0 Å². The predicted octanol–water partition coefficient (Wildman–Crippen LogP) is 2.19. The lowest BCUT2D eigenvalue weighted by Crippen LogP contribution is -1.87. The maximum absolute atomic E-state index is 8.93. The first-order chi connectivity index (χ1) is 7.20. The van der Waals surface area contributed by atoms with Gasteiger partial charge in [0.25, 0.3) is 0 Å². The Morgan fingerprint density at radius 1 is 1.33 bits per heavy atom. The van der Waals surface area contributed by atoms with Crippen molar-refractivity contribution in [1.82, 2.24) is 9.97 Å². The molecule has 2 aromatic rings. The molecule has 0 saturated carbocycles. The van der Waals surface area contributed by atoms with Crippen LogP contribution in [0.3, 0.4) is 0 Å². The van der Waals surface area contributed by atoms with Crippen molar-refractivity contribution < 1.29 is 5.11 Å². The van der Waals surface area contributed by atoms with Gasteiger partial charge in [-0.15, -0.1) is 0 Å². The van der Waals surface area contributed by atoms with E-state index in [0.717, 1.165) is 11.4 Å². The number of hydrogen-bond donors (Lipinski definition) is 2. The second-order valence-corrected chi connectivity index (χ2v) is 3.72. The van der Waals surface area contributed by atoms with Gasteiger partial charge in [-0.25, -0.2) is 4.98 Å². The molecule has 0 aliphatic carbocycles. The lowest BCUT2D eigenvalue weighted by atomic mass is 10.1. The zero-order valence-electron chi connectivity index (χ0n) is 8.91. The first kappa shape index (κ1) is 9.93. The van der Waals surface area contributed by atoms with Crippen molar-refractivity contribution in [2.24, 2.45) is 0 Å². The third-order valence-electron chi connectivity index (χ3n) is 2.43. The largest absolute Gasteiger partial charge is 0.390 e. The van der Waals surface area contributed by atoms with Crippen LogP contribution in [0.2, 0.25) is 0 Å². The van der Waals surface area contributed by atoms with Crippen molar-refractivity contribution in [3.05, 3.63) is 41.2 Å². The number of aliphatic hydroxyl groups excluding tert-OH is 1. The van der Waals surface area contributed by atoms with E-state index in [9.17, 15) is 0 Å². The Bertz CT molecular complexity index is 474. The summed E-state index contributed by atoms with van der Waals surface area (Å²) in [5.74, 6) is 0.816. The van der Waals surface area contributed by atoms with E-state index in [1.807, 2.05) is 6.07 Å². The summed E-state index contributed by atoms with van der Waals surface area (Å²) in [6.45, 7) is 4.10. The summed E-state index contributed by atoms with van der Waals surface area (Å²) < 4.78 is 0. The molecule has 3 nitrogen and oxygen atoms in total. The third-order valence-corrected chi connectivity index (χ3v) is 2.43. The number of H-pyrrole nitrogens is 1. The lowest BCUT2D eigenvalue weighted by Gasteiger charge is -2.03. The van der Waals surface area contributed by atoms with E-state index in [4.69, 9.17) is 5.11 Å². The Morgan fingerprint density at radius 2 is 2.13 bits per heavy atom. The second kappa shape index (κ2) is 3.87. The Labute approximate surface area is 88.8 Å². The molecule has 2 N–H and O–H groups in total. The molecule has 0 atom stereocenters. The molecule has 0 spiro atoms. The molecule has 0 saturated heterocycles. The third kappa shape index (κ3) is 1.92. The summed E-state index contributed by atoms with van der Waals surface area (Å²) in [6.07, 6.45) is 1.73. The first-order valence-electron chi connectivity index (χ1n) is 4.93. The van der Waals surface area contributed by atoms with Crippen molar-refractivity contribution in [2.45, 2.75) is 20.5 Å². The summed E-state index contributed by atoms with van der Waals surface area (Å²) in [7, 11) is 0. The van der Waals surface area contributed by atoms with Gasteiger partial charge in [0.05, 0.1) is 12.3 Å². The highest BCUT2D eigenvalue weighted by Crippen LogP contribution is 2.21. The highest BCUT2D eigenvalue weighted by Gasteiger charge is 2.05. The van der Waals surface area contributed by atoms with Crippen LogP contribution in [-0.2, 0) is 6.61 Å². The molecule has 15 heavy (non-hydrogen) atoms. The number of nitrogens with zero attached hydrogens (tertiary/aromatic N) is 1. The highest BCUT2D eigenvalue weighted by molar-refractivity contribution is 5.60. The molecule has 0 aliphatic rings. The summed E-state index contributed by atoms with van der Waals surface area (Å²) in [5.41, 5.74) is 4.18. The van der Waals surface area contributed by atoms with Gasteiger partial charge in [0.2, 0.25) is 0 Å². The van der Waals surface area contributed by atoms with Crippen molar-refractivity contribution in [3.63, 3.8) is 0 Å². The standard InChI is InChI=1S/C12H14N2O/c1-8-3-4-11(9(2)5-8)12-13-6-10(7-15)14-12/h3-6,15H,7H2,1-2H3,(H,13,14). The van der Waals surface area contributed by atoms with Crippen molar-refractivity contribution in [3.8, 4) is 11.4 Å². The van der Waals surface area contributed by atoms with Crippen LogP contribution >= 0.6 is 0 Å². The molecule has 1 aromatic carbocycles. The summed E-state index contributed by atoms with van der Waals surface area (Å²) in [5, 5.41) is 8.93. The second-order valence-electron chi connectivity index (χ2n) is 3.72. The molecular weight excluding hydrogens is 188 g/mol. The fourth-order valence-electron chi connectivity index (χ4n) is 1.66. The molecule has 0 amide bonds. The first-order valence-corrected chi connectivity index (χ1v) is 4.93. The van der Waals surface area contributed by atoms with Crippen LogP contribution in [-0.4, -0.2) is 15.1 Å². The number of aromatic amines is 1. The molecule has 2 rings (SSSR count). The average molecular weight is 202 g/mol. The summed E-state index contributed by atoms with van der Waals surface area (Å²) in [4.78, 5) is 7.35. The van der Waals surface area contributed by atoms with Crippen LogP contribution in [0.4, 0.5) is 0 Å². The van der Waals surface area contributed by atoms with Crippen LogP contribution in [0.1, 0.15) is 16.8 Å². The topological polar surface area (TPSA) is 48.9 Å². The number of nitrogens with one attached hydrogen (secondary N) is 1. The zero-order chi connectivity index (χ0) is 10.8. The number of hydrogen-bond acceptors (Lipinski definition) is 2. The number of aryl methyl sites for hydroxylation is 2. The molecule has 1 heterocycles. The van der Waals surface area contributed by atoms with Crippen LogP contribution in [0.15, 0.2) is 24.4 Å². The van der Waals surface area contributed by atoms with Crippen LogP contribution in [0, 0.1) is 13.8 Å². The monoisotopic (exact) mass is 202 g/mol. The highest BCUT2D eigenvalue weighted by atomic mass is 16.3. The van der Waals surface area contributed by atoms with E-state index >= 15 is 0 Å². The van der Waals surface area contributed by atoms with Crippen molar-refractivity contribution >= 4 is 0 Å². The maximum Gasteiger partial charge on any atom is 0.137 e. The van der Waals surface area contributed by atoms with Gasteiger partial charge in [0.1, 0.15) is 5.82 Å². The zero-order valence-corrected chi connectivity index (χ0v) is 8.91. The molecule has 0 bridgehead atoms. The van der Waals surface area contributed by atoms with E-state index in [-0.39, 0.29) is 6.61 Å². The predicted molar refractivity (Wildman–Crippen MR) is 59.4 cm³/mol. The van der Waals surface area contributed by atoms with Gasteiger partial charge in [0, 0.05) is 11.8 Å². The van der Waals surface area contributed by atoms with Crippen LogP contribution < -0.4 is 0 Å². The molecule has 1 aromatic heterocycles. The van der Waals surface area contributed by atoms with Gasteiger partial charge >= 0.3 is 0 Å². The minimum Gasteiger partial charge on any atom is -0.390 e. The number of benzene rings is 1. The fraction of sp³-hybridized carbons (Fsp3) is 0.250. The maximum atomic E-state index is 8.93. The van der Waals surface area contributed by atoms with E-state index in [1.165, 1.54) is 11.1 Å². The molecule has 78 valence electrons. The average Bonchev–Trinajstić information content (AvgIpc) is 2.66. The molecule has 0 fully saturated rings. The molecular formula is C12H14N2O. The summed E-state index contributed by atoms with van der Waals surface area (Å²) >= 11 is 0. The van der Waals surface area contributed by atoms with Crippen LogP contribution in [0.25, 0.3) is 11.4 Å². The van der Waals surface area contributed by atoms with E-state index < -0.39 is 0 Å². The molecule has 3 heteroatoms. The Kier molecular flexibility index (Phi) is 2.56. The molecule has 0 radical (unpaired) electrons. The van der Waals surface area contributed by atoms with Crippen molar-refractivity contribution in [1.29, 1.82) is 0 Å². The number of aromatic nitrogens is 2. The minimum atomic E-state index is -0.0264. The minimum absolute atomic E-state index is 0.0264. The van der Waals surface area contributed by atoms with Gasteiger partial charge in [-0.1, -0.05) is 23.8 Å². The quantitative estimate of drug-likeness (QED) is 0.784. The van der Waals surface area contributed by atoms with Gasteiger partial charge in [-0.3, -0.25) is 0 Å². The fourth-order valence-corrected chi connectivity index (χ4v) is 1.66. The number of aliphatic hydroxyl groups is 1. The Balaban J connectivity index is 2.44. The van der Waals surface area contributed by atoms with E-state index in [0.29, 0.717) is 5.69 Å². The molecule has 0 unspecified atom stereocenters. The van der Waals surface area contributed by atoms with Crippen molar-refractivity contribution in [2.75, 3.05) is 0 Å². The van der Waals surface area contributed by atoms with Gasteiger partial charge < -0.3 is 10.1 Å². The summed E-state index contributed by atoms with van der Waals surface area (Å²) in [6, 6.07) is 6.23. The molecule has 0 aliphatic heterocycles. The van der Waals surface area contributed by atoms with E-state index in [1.54, 1.807) is 6.20 Å². The Morgan fingerprint density at radius 3 is 2.73 bits per heavy atom. The smallest absolute Gasteiger partial charge is 0.137 e. The van der Waals surface area contributed by atoms with Gasteiger partial charge in [-0.05, 0) is 19.4 Å².